The summed E-state index contributed by atoms with van der Waals surface area (Å²) >= 11 is 0. The van der Waals surface area contributed by atoms with Gasteiger partial charge in [0.15, 0.2) is 6.61 Å². The van der Waals surface area contributed by atoms with Gasteiger partial charge in [-0.1, -0.05) is 0 Å². The van der Waals surface area contributed by atoms with Crippen molar-refractivity contribution in [2.24, 2.45) is 0 Å². The van der Waals surface area contributed by atoms with Gasteiger partial charge in [-0.05, 0) is 18.2 Å². The molecular weight excluding hydrogens is 258 g/mol. The van der Waals surface area contributed by atoms with E-state index in [1.807, 2.05) is 0 Å². The van der Waals surface area contributed by atoms with E-state index in [1.54, 1.807) is 12.1 Å². The topological polar surface area (TPSA) is 87.7 Å². The predicted molar refractivity (Wildman–Crippen MR) is 66.8 cm³/mol. The fourth-order valence-corrected chi connectivity index (χ4v) is 1.99. The summed E-state index contributed by atoms with van der Waals surface area (Å²) in [5.41, 5.74) is 0.804. The van der Waals surface area contributed by atoms with Gasteiger partial charge in [0.1, 0.15) is 5.75 Å². The van der Waals surface area contributed by atoms with E-state index in [4.69, 9.17) is 4.74 Å². The predicted octanol–water partition coefficient (Wildman–Crippen LogP) is 0.236. The van der Waals surface area contributed by atoms with Crippen LogP contribution in [0.25, 0.3) is 0 Å². The van der Waals surface area contributed by atoms with Crippen LogP contribution in [0.4, 0.5) is 11.4 Å². The second-order valence-corrected chi connectivity index (χ2v) is 5.82. The van der Waals surface area contributed by atoms with E-state index in [9.17, 15) is 13.2 Å². The van der Waals surface area contributed by atoms with Gasteiger partial charge >= 0.3 is 10.2 Å². The van der Waals surface area contributed by atoms with Crippen molar-refractivity contribution in [1.82, 2.24) is 4.31 Å². The Hall–Kier alpha value is -1.80. The number of anilines is 2. The minimum Gasteiger partial charge on any atom is -0.482 e. The summed E-state index contributed by atoms with van der Waals surface area (Å²) in [6.45, 7) is -0.0320. The molecule has 1 aromatic carbocycles. The van der Waals surface area contributed by atoms with Gasteiger partial charge in [0.05, 0.1) is 11.4 Å². The maximum absolute atomic E-state index is 11.6. The summed E-state index contributed by atoms with van der Waals surface area (Å²) in [4.78, 5) is 11.1. The van der Waals surface area contributed by atoms with Gasteiger partial charge in [-0.3, -0.25) is 9.52 Å². The van der Waals surface area contributed by atoms with Crippen molar-refractivity contribution in [3.63, 3.8) is 0 Å². The number of rotatable bonds is 3. The number of hydrogen-bond donors (Lipinski definition) is 2. The lowest BCUT2D eigenvalue weighted by Crippen LogP contribution is -2.29. The van der Waals surface area contributed by atoms with Crippen LogP contribution < -0.4 is 14.8 Å². The maximum atomic E-state index is 11.6. The van der Waals surface area contributed by atoms with E-state index in [0.29, 0.717) is 17.1 Å². The molecule has 0 saturated carbocycles. The summed E-state index contributed by atoms with van der Waals surface area (Å²) in [7, 11) is -0.717. The number of fused-ring (bicyclic) bond motifs is 1. The van der Waals surface area contributed by atoms with E-state index in [2.05, 4.69) is 10.0 Å². The van der Waals surface area contributed by atoms with Crippen LogP contribution in [0, 0.1) is 0 Å². The fraction of sp³-hybridized carbons (Fsp3) is 0.300. The molecule has 1 aliphatic rings. The summed E-state index contributed by atoms with van der Waals surface area (Å²) < 4.78 is 31.9. The Labute approximate surface area is 105 Å². The van der Waals surface area contributed by atoms with Crippen molar-refractivity contribution in [3.05, 3.63) is 18.2 Å². The van der Waals surface area contributed by atoms with Gasteiger partial charge in [0, 0.05) is 14.1 Å². The Morgan fingerprint density at radius 3 is 2.78 bits per heavy atom. The van der Waals surface area contributed by atoms with Gasteiger partial charge in [-0.25, -0.2) is 0 Å². The monoisotopic (exact) mass is 271 g/mol. The quantitative estimate of drug-likeness (QED) is 0.824. The highest BCUT2D eigenvalue weighted by Crippen LogP contribution is 2.30. The standard InChI is InChI=1S/C10H13N3O4S/c1-13(2)18(15,16)12-7-3-4-9-8(5-7)11-10(14)6-17-9/h3-5,12H,6H2,1-2H3,(H,11,14). The molecule has 0 radical (unpaired) electrons. The third-order valence-electron chi connectivity index (χ3n) is 2.34. The maximum Gasteiger partial charge on any atom is 0.301 e. The zero-order valence-electron chi connectivity index (χ0n) is 9.93. The van der Waals surface area contributed by atoms with Crippen LogP contribution in [0.1, 0.15) is 0 Å². The van der Waals surface area contributed by atoms with Gasteiger partial charge in [-0.15, -0.1) is 0 Å². The number of nitrogens with one attached hydrogen (secondary N) is 2. The van der Waals surface area contributed by atoms with Crippen molar-refractivity contribution < 1.29 is 17.9 Å². The Morgan fingerprint density at radius 1 is 1.39 bits per heavy atom. The first-order valence-electron chi connectivity index (χ1n) is 5.15. The van der Waals surface area contributed by atoms with Gasteiger partial charge in [0.25, 0.3) is 5.91 Å². The molecular formula is C10H13N3O4S. The lowest BCUT2D eigenvalue weighted by Gasteiger charge is -2.19. The number of nitrogens with zero attached hydrogens (tertiary/aromatic N) is 1. The van der Waals surface area contributed by atoms with Crippen LogP contribution in [0.15, 0.2) is 18.2 Å². The highest BCUT2D eigenvalue weighted by atomic mass is 32.2. The van der Waals surface area contributed by atoms with Gasteiger partial charge < -0.3 is 10.1 Å². The Kier molecular flexibility index (Phi) is 3.14. The second kappa shape index (κ2) is 4.46. The van der Waals surface area contributed by atoms with Crippen LogP contribution in [-0.2, 0) is 15.0 Å². The first kappa shape index (κ1) is 12.7. The smallest absolute Gasteiger partial charge is 0.301 e. The molecule has 8 heteroatoms. The molecule has 2 N–H and O–H groups in total. The van der Waals surface area contributed by atoms with Gasteiger partial charge in [-0.2, -0.15) is 12.7 Å². The SMILES string of the molecule is CN(C)S(=O)(=O)Nc1ccc2c(c1)NC(=O)CO2. The molecule has 18 heavy (non-hydrogen) atoms. The molecule has 0 spiro atoms. The number of carbonyl (C=O) groups is 1. The molecule has 0 aromatic heterocycles. The molecule has 0 saturated heterocycles. The Morgan fingerprint density at radius 2 is 2.11 bits per heavy atom. The third kappa shape index (κ3) is 2.54. The van der Waals surface area contributed by atoms with Crippen molar-refractivity contribution in [2.75, 3.05) is 30.7 Å². The second-order valence-electron chi connectivity index (χ2n) is 3.94. The van der Waals surface area contributed by atoms with E-state index in [0.717, 1.165) is 4.31 Å². The number of benzene rings is 1. The van der Waals surface area contributed by atoms with Crippen LogP contribution in [0.3, 0.4) is 0 Å². The molecule has 0 bridgehead atoms. The third-order valence-corrected chi connectivity index (χ3v) is 3.80. The molecule has 0 unspecified atom stereocenters. The van der Waals surface area contributed by atoms with Crippen molar-refractivity contribution >= 4 is 27.5 Å². The number of carbonyl (C=O) groups excluding carboxylic acids is 1. The molecule has 0 aliphatic carbocycles. The van der Waals surface area contributed by atoms with Crippen molar-refractivity contribution in [2.45, 2.75) is 0 Å². The molecule has 0 fully saturated rings. The molecule has 0 atom stereocenters. The average molecular weight is 271 g/mol. The molecule has 2 rings (SSSR count). The fourth-order valence-electron chi connectivity index (χ4n) is 1.39. The van der Waals surface area contributed by atoms with E-state index >= 15 is 0 Å². The summed E-state index contributed by atoms with van der Waals surface area (Å²) in [5.74, 6) is 0.248. The summed E-state index contributed by atoms with van der Waals surface area (Å²) in [6.07, 6.45) is 0. The van der Waals surface area contributed by atoms with Crippen LogP contribution in [0.5, 0.6) is 5.75 Å². The zero-order valence-corrected chi connectivity index (χ0v) is 10.7. The molecule has 1 aromatic rings. The molecule has 1 aliphatic heterocycles. The van der Waals surface area contributed by atoms with Crippen LogP contribution >= 0.6 is 0 Å². The number of hydrogen-bond acceptors (Lipinski definition) is 4. The van der Waals surface area contributed by atoms with E-state index in [1.165, 1.54) is 20.2 Å². The van der Waals surface area contributed by atoms with Crippen molar-refractivity contribution in [1.29, 1.82) is 0 Å². The van der Waals surface area contributed by atoms with E-state index in [-0.39, 0.29) is 12.5 Å². The highest BCUT2D eigenvalue weighted by molar-refractivity contribution is 7.90. The Balaban J connectivity index is 2.27. The molecule has 1 amide bonds. The number of ether oxygens (including phenoxy) is 1. The summed E-state index contributed by atoms with van der Waals surface area (Å²) in [5, 5.41) is 2.60. The van der Waals surface area contributed by atoms with Crippen LogP contribution in [-0.4, -0.2) is 39.3 Å². The zero-order chi connectivity index (χ0) is 13.3. The largest absolute Gasteiger partial charge is 0.482 e. The molecule has 1 heterocycles. The highest BCUT2D eigenvalue weighted by Gasteiger charge is 2.18. The lowest BCUT2D eigenvalue weighted by atomic mass is 10.2. The number of amides is 1. The lowest BCUT2D eigenvalue weighted by molar-refractivity contribution is -0.118. The first-order chi connectivity index (χ1) is 8.38. The average Bonchev–Trinajstić information content (AvgIpc) is 2.27. The normalized spacial score (nSPS) is 14.7. The van der Waals surface area contributed by atoms with Crippen molar-refractivity contribution in [3.8, 4) is 5.75 Å². The molecule has 7 nitrogen and oxygen atoms in total. The summed E-state index contributed by atoms with van der Waals surface area (Å²) in [6, 6.07) is 4.67. The van der Waals surface area contributed by atoms with Crippen LogP contribution in [0.2, 0.25) is 0 Å². The Bertz CT molecular complexity index is 583. The van der Waals surface area contributed by atoms with E-state index < -0.39 is 10.2 Å². The minimum absolute atomic E-state index is 0.0320. The minimum atomic E-state index is -3.56. The first-order valence-corrected chi connectivity index (χ1v) is 6.59. The molecule has 98 valence electrons. The van der Waals surface area contributed by atoms with Gasteiger partial charge in [0.2, 0.25) is 0 Å².